The number of halogens is 2. The van der Waals surface area contributed by atoms with Gasteiger partial charge in [0, 0.05) is 40.4 Å². The van der Waals surface area contributed by atoms with Crippen molar-refractivity contribution in [2.24, 2.45) is 0 Å². The molecule has 2 aromatic rings. The molecule has 4 nitrogen and oxygen atoms in total. The molecule has 0 aliphatic heterocycles. The first-order valence-corrected chi connectivity index (χ1v) is 9.66. The van der Waals surface area contributed by atoms with E-state index < -0.39 is 0 Å². The molecule has 0 saturated heterocycles. The van der Waals surface area contributed by atoms with Crippen molar-refractivity contribution in [1.29, 1.82) is 0 Å². The zero-order valence-electron chi connectivity index (χ0n) is 15.4. The minimum Gasteiger partial charge on any atom is -0.426 e. The van der Waals surface area contributed by atoms with Gasteiger partial charge in [-0.1, -0.05) is 37.0 Å². The normalized spacial score (nSPS) is 10.5. The lowest BCUT2D eigenvalue weighted by Crippen LogP contribution is -2.10. The maximum atomic E-state index is 11.9. The largest absolute Gasteiger partial charge is 0.426 e. The van der Waals surface area contributed by atoms with Gasteiger partial charge in [-0.25, -0.2) is 0 Å². The number of rotatable bonds is 8. The summed E-state index contributed by atoms with van der Waals surface area (Å²) in [7, 11) is 0. The summed E-state index contributed by atoms with van der Waals surface area (Å²) >= 11 is 12.3. The van der Waals surface area contributed by atoms with Crippen LogP contribution in [0.3, 0.4) is 0 Å². The van der Waals surface area contributed by atoms with E-state index in [9.17, 15) is 9.59 Å². The van der Waals surface area contributed by atoms with Crippen LogP contribution in [0.15, 0.2) is 36.4 Å². The van der Waals surface area contributed by atoms with Gasteiger partial charge in [0.05, 0.1) is 0 Å². The molecule has 0 atom stereocenters. The van der Waals surface area contributed by atoms with Gasteiger partial charge in [0.15, 0.2) is 0 Å². The molecule has 2 aromatic carbocycles. The summed E-state index contributed by atoms with van der Waals surface area (Å²) in [5.74, 6) is 0.260. The molecular formula is C21H22Cl2O4. The van der Waals surface area contributed by atoms with Crippen molar-refractivity contribution in [2.75, 3.05) is 0 Å². The number of esters is 2. The van der Waals surface area contributed by atoms with E-state index in [1.54, 1.807) is 36.4 Å². The van der Waals surface area contributed by atoms with E-state index >= 15 is 0 Å². The molecule has 0 amide bonds. The second-order valence-electron chi connectivity index (χ2n) is 6.13. The van der Waals surface area contributed by atoms with Gasteiger partial charge in [0.1, 0.15) is 11.5 Å². The third-order valence-electron chi connectivity index (χ3n) is 3.78. The van der Waals surface area contributed by atoms with E-state index in [1.165, 1.54) is 0 Å². The Morgan fingerprint density at radius 1 is 0.778 bits per heavy atom. The van der Waals surface area contributed by atoms with Gasteiger partial charge in [-0.05, 0) is 49.2 Å². The fourth-order valence-corrected chi connectivity index (χ4v) is 2.92. The topological polar surface area (TPSA) is 52.6 Å². The molecule has 0 aliphatic rings. The highest BCUT2D eigenvalue weighted by Gasteiger charge is 2.15. The Bertz CT molecular complexity index is 750. The fraction of sp³-hybridized carbons (Fsp3) is 0.333. The third kappa shape index (κ3) is 6.56. The van der Waals surface area contributed by atoms with Crippen molar-refractivity contribution in [3.05, 3.63) is 57.6 Å². The molecule has 6 heteroatoms. The Morgan fingerprint density at radius 3 is 1.56 bits per heavy atom. The molecule has 0 aromatic heterocycles. The maximum Gasteiger partial charge on any atom is 0.311 e. The average molecular weight is 409 g/mol. The quantitative estimate of drug-likeness (QED) is 0.397. The summed E-state index contributed by atoms with van der Waals surface area (Å²) in [6.07, 6.45) is 2.42. The summed E-state index contributed by atoms with van der Waals surface area (Å²) in [6.45, 7) is 3.82. The smallest absolute Gasteiger partial charge is 0.311 e. The van der Waals surface area contributed by atoms with Crippen LogP contribution in [-0.2, 0) is 16.0 Å². The predicted molar refractivity (Wildman–Crippen MR) is 107 cm³/mol. The molecule has 144 valence electrons. The Labute approximate surface area is 169 Å². The number of ether oxygens (including phenoxy) is 2. The highest BCUT2D eigenvalue weighted by atomic mass is 35.5. The van der Waals surface area contributed by atoms with Crippen LogP contribution in [0.2, 0.25) is 10.0 Å². The van der Waals surface area contributed by atoms with E-state index in [4.69, 9.17) is 32.7 Å². The molecule has 0 radical (unpaired) electrons. The first kappa shape index (κ1) is 21.3. The molecule has 2 rings (SSSR count). The van der Waals surface area contributed by atoms with Crippen LogP contribution in [0.25, 0.3) is 0 Å². The molecule has 0 N–H and O–H groups in total. The third-order valence-corrected chi connectivity index (χ3v) is 4.25. The highest BCUT2D eigenvalue weighted by Crippen LogP contribution is 2.31. The van der Waals surface area contributed by atoms with Gasteiger partial charge in [-0.2, -0.15) is 0 Å². The lowest BCUT2D eigenvalue weighted by molar-refractivity contribution is -0.135. The fourth-order valence-electron chi connectivity index (χ4n) is 2.53. The summed E-state index contributed by atoms with van der Waals surface area (Å²) in [4.78, 5) is 23.8. The molecule has 0 aliphatic carbocycles. The molecular weight excluding hydrogens is 387 g/mol. The minimum atomic E-state index is -0.304. The van der Waals surface area contributed by atoms with Crippen molar-refractivity contribution in [3.63, 3.8) is 0 Å². The lowest BCUT2D eigenvalue weighted by atomic mass is 10.0. The summed E-state index contributed by atoms with van der Waals surface area (Å²) in [5.41, 5.74) is 1.42. The Morgan fingerprint density at radius 2 is 1.19 bits per heavy atom. The van der Waals surface area contributed by atoms with Gasteiger partial charge in [-0.15, -0.1) is 0 Å². The Balaban J connectivity index is 2.32. The van der Waals surface area contributed by atoms with Crippen molar-refractivity contribution in [1.82, 2.24) is 0 Å². The van der Waals surface area contributed by atoms with Crippen LogP contribution in [0.1, 0.15) is 50.7 Å². The summed E-state index contributed by atoms with van der Waals surface area (Å²) < 4.78 is 10.9. The number of carbonyl (C=O) groups excluding carboxylic acids is 2. The molecule has 27 heavy (non-hydrogen) atoms. The number of carbonyl (C=O) groups is 2. The Kier molecular flexibility index (Phi) is 8.14. The average Bonchev–Trinajstić information content (AvgIpc) is 2.60. The first-order valence-electron chi connectivity index (χ1n) is 8.91. The molecule has 0 spiro atoms. The SMILES string of the molecule is CCCC(=O)Oc1ccc(Cl)cc1Cc1cc(Cl)ccc1OC(=O)CCC. The monoisotopic (exact) mass is 408 g/mol. The van der Waals surface area contributed by atoms with Crippen molar-refractivity contribution in [2.45, 2.75) is 46.0 Å². The van der Waals surface area contributed by atoms with Gasteiger partial charge >= 0.3 is 11.9 Å². The first-order chi connectivity index (χ1) is 12.9. The Hall–Kier alpha value is -2.04. The molecule has 0 bridgehead atoms. The maximum absolute atomic E-state index is 11.9. The predicted octanol–water partition coefficient (Wildman–Crippen LogP) is 6.00. The summed E-state index contributed by atoms with van der Waals surface area (Å²) in [5, 5.41) is 1.04. The van der Waals surface area contributed by atoms with E-state index in [1.807, 2.05) is 13.8 Å². The van der Waals surface area contributed by atoms with E-state index in [0.29, 0.717) is 64.8 Å². The van der Waals surface area contributed by atoms with Crippen LogP contribution in [0.4, 0.5) is 0 Å². The van der Waals surface area contributed by atoms with Crippen molar-refractivity contribution < 1.29 is 19.1 Å². The van der Waals surface area contributed by atoms with Gasteiger partial charge in [-0.3, -0.25) is 9.59 Å². The van der Waals surface area contributed by atoms with E-state index in [0.717, 1.165) is 0 Å². The van der Waals surface area contributed by atoms with Crippen molar-refractivity contribution in [3.8, 4) is 11.5 Å². The van der Waals surface area contributed by atoms with Crippen LogP contribution < -0.4 is 9.47 Å². The highest BCUT2D eigenvalue weighted by molar-refractivity contribution is 6.31. The van der Waals surface area contributed by atoms with Crippen molar-refractivity contribution >= 4 is 35.1 Å². The van der Waals surface area contributed by atoms with Crippen LogP contribution in [-0.4, -0.2) is 11.9 Å². The van der Waals surface area contributed by atoms with Crippen LogP contribution in [0.5, 0.6) is 11.5 Å². The number of hydrogen-bond acceptors (Lipinski definition) is 4. The molecule has 0 saturated carbocycles. The number of benzene rings is 2. The molecule has 0 unspecified atom stereocenters. The molecule has 0 fully saturated rings. The van der Waals surface area contributed by atoms with Gasteiger partial charge in [0.2, 0.25) is 0 Å². The minimum absolute atomic E-state index is 0.304. The van der Waals surface area contributed by atoms with Gasteiger partial charge in [0.25, 0.3) is 0 Å². The second-order valence-corrected chi connectivity index (χ2v) is 7.00. The standard InChI is InChI=1S/C21H22Cl2O4/c1-3-5-20(24)26-18-9-7-16(22)12-14(18)11-15-13-17(23)8-10-19(15)27-21(25)6-4-2/h7-10,12-13H,3-6,11H2,1-2H3. The second kappa shape index (κ2) is 10.3. The van der Waals surface area contributed by atoms with Gasteiger partial charge < -0.3 is 9.47 Å². The zero-order valence-corrected chi connectivity index (χ0v) is 16.9. The van der Waals surface area contributed by atoms with Crippen LogP contribution in [0, 0.1) is 0 Å². The van der Waals surface area contributed by atoms with E-state index in [2.05, 4.69) is 0 Å². The lowest BCUT2D eigenvalue weighted by Gasteiger charge is -2.14. The number of hydrogen-bond donors (Lipinski definition) is 0. The molecule has 0 heterocycles. The van der Waals surface area contributed by atoms with Crippen LogP contribution >= 0.6 is 23.2 Å². The summed E-state index contributed by atoms with van der Waals surface area (Å²) in [6, 6.07) is 10.1. The zero-order chi connectivity index (χ0) is 19.8. The van der Waals surface area contributed by atoms with E-state index in [-0.39, 0.29) is 11.9 Å².